The van der Waals surface area contributed by atoms with Crippen LogP contribution >= 0.6 is 23.4 Å². The number of nitrogens with zero attached hydrogens (tertiary/aromatic N) is 1. The van der Waals surface area contributed by atoms with Gasteiger partial charge in [-0.25, -0.2) is 4.39 Å². The molecule has 1 aliphatic heterocycles. The van der Waals surface area contributed by atoms with Crippen LogP contribution in [0.1, 0.15) is 21.3 Å². The van der Waals surface area contributed by atoms with E-state index < -0.39 is 0 Å². The summed E-state index contributed by atoms with van der Waals surface area (Å²) >= 11 is 7.66. The first kappa shape index (κ1) is 14.4. The lowest BCUT2D eigenvalue weighted by Gasteiger charge is -2.24. The van der Waals surface area contributed by atoms with Crippen molar-refractivity contribution in [2.24, 2.45) is 0 Å². The predicted molar refractivity (Wildman–Crippen MR) is 84.1 cm³/mol. The molecule has 0 saturated carbocycles. The van der Waals surface area contributed by atoms with Gasteiger partial charge in [0.15, 0.2) is 0 Å². The Morgan fingerprint density at radius 1 is 1.19 bits per heavy atom. The van der Waals surface area contributed by atoms with E-state index in [1.54, 1.807) is 59.1 Å². The third-order valence-electron chi connectivity index (χ3n) is 3.43. The number of thioether (sulfide) groups is 1. The van der Waals surface area contributed by atoms with E-state index in [1.165, 1.54) is 6.07 Å². The highest BCUT2D eigenvalue weighted by Gasteiger charge is 2.33. The van der Waals surface area contributed by atoms with Crippen molar-refractivity contribution in [3.63, 3.8) is 0 Å². The molecule has 0 aliphatic carbocycles. The van der Waals surface area contributed by atoms with Gasteiger partial charge in [0, 0.05) is 17.9 Å². The summed E-state index contributed by atoms with van der Waals surface area (Å²) in [4.78, 5) is 14.4. The van der Waals surface area contributed by atoms with Crippen LogP contribution in [0.15, 0.2) is 48.5 Å². The van der Waals surface area contributed by atoms with Crippen molar-refractivity contribution in [2.75, 3.05) is 12.3 Å². The number of rotatable bonds is 2. The van der Waals surface area contributed by atoms with Crippen molar-refractivity contribution in [1.29, 1.82) is 0 Å². The fraction of sp³-hybridized carbons (Fsp3) is 0.188. The van der Waals surface area contributed by atoms with Crippen molar-refractivity contribution in [1.82, 2.24) is 4.90 Å². The summed E-state index contributed by atoms with van der Waals surface area (Å²) in [6, 6.07) is 13.5. The molecule has 1 amide bonds. The molecule has 1 atom stereocenters. The molecule has 1 fully saturated rings. The molecule has 21 heavy (non-hydrogen) atoms. The van der Waals surface area contributed by atoms with E-state index >= 15 is 0 Å². The summed E-state index contributed by atoms with van der Waals surface area (Å²) in [5.74, 6) is 0.350. The molecule has 2 aromatic rings. The molecule has 0 aromatic heterocycles. The Morgan fingerprint density at radius 3 is 2.67 bits per heavy atom. The average Bonchev–Trinajstić information content (AvgIpc) is 2.97. The largest absolute Gasteiger partial charge is 0.322 e. The van der Waals surface area contributed by atoms with Gasteiger partial charge in [-0.1, -0.05) is 41.9 Å². The molecule has 2 aromatic carbocycles. The Bertz CT molecular complexity index is 679. The van der Waals surface area contributed by atoms with Crippen molar-refractivity contribution in [3.8, 4) is 0 Å². The van der Waals surface area contributed by atoms with Crippen LogP contribution in [0.25, 0.3) is 0 Å². The highest BCUT2D eigenvalue weighted by Crippen LogP contribution is 2.40. The second-order valence-corrected chi connectivity index (χ2v) is 6.32. The molecular formula is C16H13ClFNOS. The van der Waals surface area contributed by atoms with Crippen LogP contribution in [0.5, 0.6) is 0 Å². The Morgan fingerprint density at radius 2 is 1.90 bits per heavy atom. The highest BCUT2D eigenvalue weighted by molar-refractivity contribution is 7.99. The smallest absolute Gasteiger partial charge is 0.256 e. The Hall–Kier alpha value is -1.52. The highest BCUT2D eigenvalue weighted by atomic mass is 35.5. The van der Waals surface area contributed by atoms with Gasteiger partial charge in [-0.3, -0.25) is 4.79 Å². The summed E-state index contributed by atoms with van der Waals surface area (Å²) in [7, 11) is 0. The van der Waals surface area contributed by atoms with E-state index in [-0.39, 0.29) is 17.1 Å². The van der Waals surface area contributed by atoms with Crippen molar-refractivity contribution in [2.45, 2.75) is 5.37 Å². The third kappa shape index (κ3) is 2.78. The molecule has 3 rings (SSSR count). The molecule has 0 spiro atoms. The van der Waals surface area contributed by atoms with Crippen molar-refractivity contribution in [3.05, 3.63) is 70.5 Å². The Kier molecular flexibility index (Phi) is 4.17. The standard InChI is InChI=1S/C16H13ClFNOS/c17-13-7-3-1-5-11(13)15(20)19-9-10-21-16(19)12-6-2-4-8-14(12)18/h1-8,16H,9-10H2/t16-/m1/s1. The number of benzene rings is 2. The summed E-state index contributed by atoms with van der Waals surface area (Å²) in [6.45, 7) is 0.591. The minimum Gasteiger partial charge on any atom is -0.322 e. The normalized spacial score (nSPS) is 18.0. The van der Waals surface area contributed by atoms with Crippen LogP contribution in [0.4, 0.5) is 4.39 Å². The SMILES string of the molecule is O=C(c1ccccc1Cl)N1CCS[C@@H]1c1ccccc1F. The first-order valence-electron chi connectivity index (χ1n) is 6.60. The first-order valence-corrected chi connectivity index (χ1v) is 8.02. The van der Waals surface area contributed by atoms with E-state index in [9.17, 15) is 9.18 Å². The van der Waals surface area contributed by atoms with Gasteiger partial charge in [-0.15, -0.1) is 11.8 Å². The molecule has 0 bridgehead atoms. The van der Waals surface area contributed by atoms with Crippen molar-refractivity contribution >= 4 is 29.3 Å². The molecule has 5 heteroatoms. The summed E-state index contributed by atoms with van der Waals surface area (Å²) in [5, 5.41) is 0.127. The van der Waals surface area contributed by atoms with E-state index in [0.29, 0.717) is 22.7 Å². The predicted octanol–water partition coefficient (Wildman–Crippen LogP) is 4.37. The van der Waals surface area contributed by atoms with Gasteiger partial charge in [-0.2, -0.15) is 0 Å². The zero-order chi connectivity index (χ0) is 14.8. The lowest BCUT2D eigenvalue weighted by atomic mass is 10.1. The van der Waals surface area contributed by atoms with E-state index in [2.05, 4.69) is 0 Å². The van der Waals surface area contributed by atoms with Gasteiger partial charge in [0.05, 0.1) is 10.6 Å². The molecule has 1 heterocycles. The maximum absolute atomic E-state index is 14.0. The molecule has 1 aliphatic rings. The summed E-state index contributed by atoms with van der Waals surface area (Å²) in [5.41, 5.74) is 1.00. The van der Waals surface area contributed by atoms with Crippen LogP contribution in [0, 0.1) is 5.82 Å². The monoisotopic (exact) mass is 321 g/mol. The first-order chi connectivity index (χ1) is 10.2. The molecule has 1 saturated heterocycles. The molecule has 108 valence electrons. The third-order valence-corrected chi connectivity index (χ3v) is 5.00. The van der Waals surface area contributed by atoms with Gasteiger partial charge < -0.3 is 4.90 Å². The van der Waals surface area contributed by atoms with Gasteiger partial charge in [-0.05, 0) is 18.2 Å². The van der Waals surface area contributed by atoms with Gasteiger partial charge in [0.1, 0.15) is 11.2 Å². The second kappa shape index (κ2) is 6.08. The van der Waals surface area contributed by atoms with Gasteiger partial charge in [0.25, 0.3) is 5.91 Å². The maximum atomic E-state index is 14.0. The van der Waals surface area contributed by atoms with E-state index in [4.69, 9.17) is 11.6 Å². The zero-order valence-electron chi connectivity index (χ0n) is 11.1. The number of amides is 1. The minimum absolute atomic E-state index is 0.154. The summed E-state index contributed by atoms with van der Waals surface area (Å²) < 4.78 is 14.0. The number of carbonyl (C=O) groups excluding carboxylic acids is 1. The summed E-state index contributed by atoms with van der Waals surface area (Å²) in [6.07, 6.45) is 0. The average molecular weight is 322 g/mol. The molecule has 0 unspecified atom stereocenters. The van der Waals surface area contributed by atoms with Crippen LogP contribution in [-0.2, 0) is 0 Å². The van der Waals surface area contributed by atoms with Gasteiger partial charge >= 0.3 is 0 Å². The maximum Gasteiger partial charge on any atom is 0.256 e. The zero-order valence-corrected chi connectivity index (χ0v) is 12.7. The lowest BCUT2D eigenvalue weighted by Crippen LogP contribution is -2.31. The number of carbonyl (C=O) groups is 1. The lowest BCUT2D eigenvalue weighted by molar-refractivity contribution is 0.0759. The van der Waals surface area contributed by atoms with E-state index in [1.807, 2.05) is 0 Å². The molecule has 0 radical (unpaired) electrons. The molecule has 2 nitrogen and oxygen atoms in total. The van der Waals surface area contributed by atoms with Crippen LogP contribution in [-0.4, -0.2) is 23.1 Å². The Labute approximate surface area is 131 Å². The number of hydrogen-bond donors (Lipinski definition) is 0. The second-order valence-electron chi connectivity index (χ2n) is 4.72. The quantitative estimate of drug-likeness (QED) is 0.818. The van der Waals surface area contributed by atoms with Crippen molar-refractivity contribution < 1.29 is 9.18 Å². The minimum atomic E-state index is -0.296. The number of hydrogen-bond acceptors (Lipinski definition) is 2. The fourth-order valence-corrected chi connectivity index (χ4v) is 3.89. The van der Waals surface area contributed by atoms with Gasteiger partial charge in [0.2, 0.25) is 0 Å². The topological polar surface area (TPSA) is 20.3 Å². The molecular weight excluding hydrogens is 309 g/mol. The molecule has 0 N–H and O–H groups in total. The van der Waals surface area contributed by atoms with Crippen LogP contribution < -0.4 is 0 Å². The van der Waals surface area contributed by atoms with Crippen LogP contribution in [0.2, 0.25) is 5.02 Å². The number of halogens is 2. The van der Waals surface area contributed by atoms with E-state index in [0.717, 1.165) is 5.75 Å². The Balaban J connectivity index is 1.93. The van der Waals surface area contributed by atoms with Crippen LogP contribution in [0.3, 0.4) is 0 Å². The fourth-order valence-electron chi connectivity index (χ4n) is 2.40.